The summed E-state index contributed by atoms with van der Waals surface area (Å²) in [5, 5.41) is 14.4. The van der Waals surface area contributed by atoms with E-state index < -0.39 is 23.8 Å². The van der Waals surface area contributed by atoms with Crippen molar-refractivity contribution >= 4 is 23.5 Å². The summed E-state index contributed by atoms with van der Waals surface area (Å²) in [5.41, 5.74) is 0.451. The molecule has 2 aromatic rings. The van der Waals surface area contributed by atoms with Crippen LogP contribution in [0.15, 0.2) is 47.1 Å². The Morgan fingerprint density at radius 2 is 1.84 bits per heavy atom. The number of carbonyl (C=O) groups excluding carboxylic acids is 2. The van der Waals surface area contributed by atoms with E-state index in [0.29, 0.717) is 6.42 Å². The Labute approximate surface area is 145 Å². The van der Waals surface area contributed by atoms with Gasteiger partial charge in [0.15, 0.2) is 5.76 Å². The van der Waals surface area contributed by atoms with Crippen molar-refractivity contribution in [1.29, 1.82) is 0 Å². The molecule has 132 valence electrons. The van der Waals surface area contributed by atoms with Gasteiger partial charge in [-0.3, -0.25) is 9.59 Å². The molecule has 2 rings (SSSR count). The maximum Gasteiger partial charge on any atom is 0.326 e. The molecule has 0 spiro atoms. The predicted octanol–water partition coefficient (Wildman–Crippen LogP) is 2.76. The van der Waals surface area contributed by atoms with Crippen LogP contribution in [0, 0.1) is 5.92 Å². The molecule has 1 aromatic heterocycles. The quantitative estimate of drug-likeness (QED) is 0.715. The second kappa shape index (κ2) is 8.14. The van der Waals surface area contributed by atoms with Gasteiger partial charge >= 0.3 is 5.97 Å². The molecule has 0 bridgehead atoms. The van der Waals surface area contributed by atoms with Crippen LogP contribution in [0.5, 0.6) is 0 Å². The molecule has 1 aromatic carbocycles. The lowest BCUT2D eigenvalue weighted by Gasteiger charge is -2.21. The topological polar surface area (TPSA) is 109 Å². The number of amides is 2. The summed E-state index contributed by atoms with van der Waals surface area (Å²) in [6.07, 6.45) is 1.98. The Balaban J connectivity index is 2.20. The Morgan fingerprint density at radius 1 is 1.12 bits per heavy atom. The van der Waals surface area contributed by atoms with E-state index in [-0.39, 0.29) is 22.9 Å². The van der Waals surface area contributed by atoms with Crippen molar-refractivity contribution in [3.63, 3.8) is 0 Å². The van der Waals surface area contributed by atoms with Crippen molar-refractivity contribution < 1.29 is 23.9 Å². The molecule has 7 nitrogen and oxygen atoms in total. The van der Waals surface area contributed by atoms with Gasteiger partial charge in [0.1, 0.15) is 6.04 Å². The molecule has 0 aliphatic heterocycles. The van der Waals surface area contributed by atoms with Crippen molar-refractivity contribution in [2.75, 3.05) is 5.32 Å². The summed E-state index contributed by atoms with van der Waals surface area (Å²) in [6.45, 7) is 3.61. The molecule has 25 heavy (non-hydrogen) atoms. The molecular formula is C18H20N2O5. The Kier molecular flexibility index (Phi) is 5.94. The minimum atomic E-state index is -1.10. The summed E-state index contributed by atoms with van der Waals surface area (Å²) in [6, 6.07) is 8.45. The van der Waals surface area contributed by atoms with Crippen LogP contribution in [-0.2, 0) is 4.79 Å². The Hall–Kier alpha value is -3.09. The minimum Gasteiger partial charge on any atom is -0.480 e. The van der Waals surface area contributed by atoms with Gasteiger partial charge in [0, 0.05) is 0 Å². The first-order valence-corrected chi connectivity index (χ1v) is 7.91. The molecular weight excluding hydrogens is 324 g/mol. The second-order valence-electron chi connectivity index (χ2n) is 5.65. The van der Waals surface area contributed by atoms with E-state index in [1.54, 1.807) is 31.2 Å². The standard InChI is InChI=1S/C18H20N2O5/c1-3-11(2)15(18(23)24)20-16(21)12-7-4-5-8-13(12)19-17(22)14-9-6-10-25-14/h4-11,15H,3H2,1-2H3,(H,19,22)(H,20,21)(H,23,24)/t11-,15-/m0/s1. The first-order valence-electron chi connectivity index (χ1n) is 7.91. The third-order valence-electron chi connectivity index (χ3n) is 3.93. The number of carboxylic acid groups (broad SMARTS) is 1. The first-order chi connectivity index (χ1) is 11.9. The smallest absolute Gasteiger partial charge is 0.326 e. The van der Waals surface area contributed by atoms with Gasteiger partial charge < -0.3 is 20.2 Å². The average molecular weight is 344 g/mol. The average Bonchev–Trinajstić information content (AvgIpc) is 3.13. The van der Waals surface area contributed by atoms with E-state index in [4.69, 9.17) is 4.42 Å². The molecule has 0 saturated heterocycles. The molecule has 0 aliphatic rings. The van der Waals surface area contributed by atoms with Gasteiger partial charge in [0.05, 0.1) is 17.5 Å². The molecule has 7 heteroatoms. The van der Waals surface area contributed by atoms with E-state index in [1.165, 1.54) is 18.4 Å². The van der Waals surface area contributed by atoms with Gasteiger partial charge in [-0.2, -0.15) is 0 Å². The lowest BCUT2D eigenvalue weighted by atomic mass is 9.98. The Bertz CT molecular complexity index is 755. The molecule has 0 unspecified atom stereocenters. The molecule has 0 saturated carbocycles. The fourth-order valence-corrected chi connectivity index (χ4v) is 2.28. The number of hydrogen-bond donors (Lipinski definition) is 3. The van der Waals surface area contributed by atoms with Crippen LogP contribution in [0.25, 0.3) is 0 Å². The van der Waals surface area contributed by atoms with Crippen LogP contribution in [0.4, 0.5) is 5.69 Å². The normalized spacial score (nSPS) is 12.9. The number of hydrogen-bond acceptors (Lipinski definition) is 4. The zero-order chi connectivity index (χ0) is 18.4. The van der Waals surface area contributed by atoms with Gasteiger partial charge in [-0.1, -0.05) is 32.4 Å². The highest BCUT2D eigenvalue weighted by molar-refractivity contribution is 6.08. The summed E-state index contributed by atoms with van der Waals surface area (Å²) in [5.74, 6) is -2.28. The third kappa shape index (κ3) is 4.47. The van der Waals surface area contributed by atoms with Gasteiger partial charge in [0.25, 0.3) is 11.8 Å². The molecule has 0 fully saturated rings. The van der Waals surface area contributed by atoms with Crippen LogP contribution in [-0.4, -0.2) is 28.9 Å². The number of aliphatic carboxylic acids is 1. The first kappa shape index (κ1) is 18.3. The number of carbonyl (C=O) groups is 3. The van der Waals surface area contributed by atoms with E-state index in [9.17, 15) is 19.5 Å². The molecule has 0 aliphatic carbocycles. The number of benzene rings is 1. The largest absolute Gasteiger partial charge is 0.480 e. The minimum absolute atomic E-state index is 0.109. The van der Waals surface area contributed by atoms with Crippen LogP contribution in [0.1, 0.15) is 41.2 Å². The maximum absolute atomic E-state index is 12.5. The van der Waals surface area contributed by atoms with Gasteiger partial charge in [-0.25, -0.2) is 4.79 Å². The fourth-order valence-electron chi connectivity index (χ4n) is 2.28. The van der Waals surface area contributed by atoms with Crippen LogP contribution in [0.3, 0.4) is 0 Å². The maximum atomic E-state index is 12.5. The summed E-state index contributed by atoms with van der Waals surface area (Å²) < 4.78 is 5.02. The lowest BCUT2D eigenvalue weighted by molar-refractivity contribution is -0.140. The van der Waals surface area contributed by atoms with Gasteiger partial charge in [-0.15, -0.1) is 0 Å². The molecule has 1 heterocycles. The van der Waals surface area contributed by atoms with Crippen molar-refractivity contribution in [1.82, 2.24) is 5.32 Å². The van der Waals surface area contributed by atoms with Crippen LogP contribution < -0.4 is 10.6 Å². The summed E-state index contributed by atoms with van der Waals surface area (Å²) in [4.78, 5) is 36.0. The number of rotatable bonds is 7. The number of para-hydroxylation sites is 1. The molecule has 3 N–H and O–H groups in total. The van der Waals surface area contributed by atoms with Crippen molar-refractivity contribution in [2.45, 2.75) is 26.3 Å². The molecule has 2 atom stereocenters. The van der Waals surface area contributed by atoms with E-state index in [1.807, 2.05) is 6.92 Å². The Morgan fingerprint density at radius 3 is 2.44 bits per heavy atom. The second-order valence-corrected chi connectivity index (χ2v) is 5.65. The zero-order valence-electron chi connectivity index (χ0n) is 14.0. The molecule has 0 radical (unpaired) electrons. The number of carboxylic acids is 1. The monoisotopic (exact) mass is 344 g/mol. The highest BCUT2D eigenvalue weighted by atomic mass is 16.4. The lowest BCUT2D eigenvalue weighted by Crippen LogP contribution is -2.45. The SMILES string of the molecule is CC[C@H](C)[C@H](NC(=O)c1ccccc1NC(=O)c1ccco1)C(=O)O. The van der Waals surface area contributed by atoms with Gasteiger partial charge in [-0.05, 0) is 30.2 Å². The highest BCUT2D eigenvalue weighted by Crippen LogP contribution is 2.18. The number of nitrogens with one attached hydrogen (secondary N) is 2. The number of furan rings is 1. The van der Waals surface area contributed by atoms with Gasteiger partial charge in [0.2, 0.25) is 0 Å². The van der Waals surface area contributed by atoms with Crippen LogP contribution in [0.2, 0.25) is 0 Å². The van der Waals surface area contributed by atoms with Crippen molar-refractivity contribution in [2.24, 2.45) is 5.92 Å². The number of anilines is 1. The highest BCUT2D eigenvalue weighted by Gasteiger charge is 2.26. The molecule has 2 amide bonds. The summed E-state index contributed by atoms with van der Waals surface area (Å²) >= 11 is 0. The van der Waals surface area contributed by atoms with E-state index in [0.717, 1.165) is 0 Å². The van der Waals surface area contributed by atoms with Crippen molar-refractivity contribution in [3.05, 3.63) is 54.0 Å². The predicted molar refractivity (Wildman–Crippen MR) is 91.4 cm³/mol. The van der Waals surface area contributed by atoms with Crippen LogP contribution >= 0.6 is 0 Å². The van der Waals surface area contributed by atoms with E-state index in [2.05, 4.69) is 10.6 Å². The summed E-state index contributed by atoms with van der Waals surface area (Å²) in [7, 11) is 0. The zero-order valence-corrected chi connectivity index (χ0v) is 14.0. The fraction of sp³-hybridized carbons (Fsp3) is 0.278. The van der Waals surface area contributed by atoms with Crippen molar-refractivity contribution in [3.8, 4) is 0 Å². The van der Waals surface area contributed by atoms with E-state index >= 15 is 0 Å². The third-order valence-corrected chi connectivity index (χ3v) is 3.93.